The minimum absolute atomic E-state index is 0.0871. The van der Waals surface area contributed by atoms with Crippen molar-refractivity contribution in [1.29, 1.82) is 0 Å². The minimum Gasteiger partial charge on any atom is -0.378 e. The van der Waals surface area contributed by atoms with Gasteiger partial charge in [0, 0.05) is 24.8 Å². The molecule has 0 aromatic heterocycles. The van der Waals surface area contributed by atoms with Crippen LogP contribution in [0.25, 0.3) is 0 Å². The zero-order valence-electron chi connectivity index (χ0n) is 9.15. The Kier molecular flexibility index (Phi) is 3.23. The van der Waals surface area contributed by atoms with E-state index in [0.29, 0.717) is 0 Å². The van der Waals surface area contributed by atoms with Gasteiger partial charge in [0.2, 0.25) is 0 Å². The molecule has 1 heterocycles. The summed E-state index contributed by atoms with van der Waals surface area (Å²) in [7, 11) is 0. The fourth-order valence-electron chi connectivity index (χ4n) is 1.96. The SMILES string of the molecule is C[C@@H](N)c1ccccc1N1CCOCC1. The van der Waals surface area contributed by atoms with Crippen molar-refractivity contribution in [2.75, 3.05) is 31.2 Å². The second-order valence-electron chi connectivity index (χ2n) is 3.95. The lowest BCUT2D eigenvalue weighted by Gasteiger charge is -2.31. The Labute approximate surface area is 90.8 Å². The Morgan fingerprint density at radius 2 is 1.93 bits per heavy atom. The molecule has 1 aromatic carbocycles. The Morgan fingerprint density at radius 3 is 2.60 bits per heavy atom. The lowest BCUT2D eigenvalue weighted by Crippen LogP contribution is -2.37. The molecule has 1 aliphatic rings. The fourth-order valence-corrected chi connectivity index (χ4v) is 1.96. The third kappa shape index (κ3) is 2.30. The normalized spacial score (nSPS) is 18.9. The van der Waals surface area contributed by atoms with Crippen LogP contribution in [0.5, 0.6) is 0 Å². The molecule has 3 nitrogen and oxygen atoms in total. The zero-order chi connectivity index (χ0) is 10.7. The number of ether oxygens (including phenoxy) is 1. The van der Waals surface area contributed by atoms with E-state index in [1.165, 1.54) is 11.3 Å². The molecule has 2 N–H and O–H groups in total. The molecule has 2 rings (SSSR count). The predicted octanol–water partition coefficient (Wildman–Crippen LogP) is 1.54. The molecule has 82 valence electrons. The lowest BCUT2D eigenvalue weighted by atomic mass is 10.1. The zero-order valence-corrected chi connectivity index (χ0v) is 9.15. The molecule has 0 saturated carbocycles. The van der Waals surface area contributed by atoms with E-state index in [0.717, 1.165) is 26.3 Å². The summed E-state index contributed by atoms with van der Waals surface area (Å²) in [6, 6.07) is 8.45. The van der Waals surface area contributed by atoms with Crippen LogP contribution in [-0.4, -0.2) is 26.3 Å². The molecule has 0 bridgehead atoms. The number of morpholine rings is 1. The van der Waals surface area contributed by atoms with Gasteiger partial charge in [0.25, 0.3) is 0 Å². The molecule has 1 aliphatic heterocycles. The summed E-state index contributed by atoms with van der Waals surface area (Å²) >= 11 is 0. The van der Waals surface area contributed by atoms with E-state index >= 15 is 0 Å². The molecule has 3 heteroatoms. The summed E-state index contributed by atoms with van der Waals surface area (Å²) in [5.41, 5.74) is 8.44. The highest BCUT2D eigenvalue weighted by atomic mass is 16.5. The number of hydrogen-bond donors (Lipinski definition) is 1. The second kappa shape index (κ2) is 4.64. The van der Waals surface area contributed by atoms with Crippen molar-refractivity contribution in [1.82, 2.24) is 0 Å². The van der Waals surface area contributed by atoms with Gasteiger partial charge in [0.05, 0.1) is 13.2 Å². The summed E-state index contributed by atoms with van der Waals surface area (Å²) < 4.78 is 5.35. The summed E-state index contributed by atoms with van der Waals surface area (Å²) in [6.07, 6.45) is 0. The van der Waals surface area contributed by atoms with Crippen LogP contribution in [0.1, 0.15) is 18.5 Å². The molecule has 0 spiro atoms. The first-order valence-electron chi connectivity index (χ1n) is 5.46. The Bertz CT molecular complexity index is 319. The molecule has 1 aromatic rings. The van der Waals surface area contributed by atoms with Crippen molar-refractivity contribution in [2.45, 2.75) is 13.0 Å². The predicted molar refractivity (Wildman–Crippen MR) is 62.1 cm³/mol. The van der Waals surface area contributed by atoms with Gasteiger partial charge >= 0.3 is 0 Å². The quantitative estimate of drug-likeness (QED) is 0.797. The van der Waals surface area contributed by atoms with Gasteiger partial charge in [-0.05, 0) is 18.6 Å². The topological polar surface area (TPSA) is 38.5 Å². The number of anilines is 1. The fraction of sp³-hybridized carbons (Fsp3) is 0.500. The Balaban J connectivity index is 2.25. The molecule has 15 heavy (non-hydrogen) atoms. The number of para-hydroxylation sites is 1. The molecular weight excluding hydrogens is 188 g/mol. The van der Waals surface area contributed by atoms with Gasteiger partial charge in [-0.2, -0.15) is 0 Å². The van der Waals surface area contributed by atoms with Gasteiger partial charge in [-0.25, -0.2) is 0 Å². The van der Waals surface area contributed by atoms with E-state index in [2.05, 4.69) is 23.1 Å². The molecule has 0 unspecified atom stereocenters. The summed E-state index contributed by atoms with van der Waals surface area (Å²) in [4.78, 5) is 2.35. The van der Waals surface area contributed by atoms with Crippen molar-refractivity contribution >= 4 is 5.69 Å². The lowest BCUT2D eigenvalue weighted by molar-refractivity contribution is 0.122. The maximum absolute atomic E-state index is 5.96. The first-order chi connectivity index (χ1) is 7.29. The maximum atomic E-state index is 5.96. The molecule has 1 saturated heterocycles. The average molecular weight is 206 g/mol. The van der Waals surface area contributed by atoms with Crippen LogP contribution in [0, 0.1) is 0 Å². The van der Waals surface area contributed by atoms with Crippen molar-refractivity contribution in [3.63, 3.8) is 0 Å². The average Bonchev–Trinajstić information content (AvgIpc) is 2.30. The van der Waals surface area contributed by atoms with E-state index in [-0.39, 0.29) is 6.04 Å². The number of rotatable bonds is 2. The van der Waals surface area contributed by atoms with E-state index in [1.54, 1.807) is 0 Å². The van der Waals surface area contributed by atoms with E-state index in [9.17, 15) is 0 Å². The Hall–Kier alpha value is -1.06. The monoisotopic (exact) mass is 206 g/mol. The standard InChI is InChI=1S/C12H18N2O/c1-10(13)11-4-2-3-5-12(11)14-6-8-15-9-7-14/h2-5,10H,6-9,13H2,1H3/t10-/m1/s1. The largest absolute Gasteiger partial charge is 0.378 e. The highest BCUT2D eigenvalue weighted by molar-refractivity contribution is 5.55. The highest BCUT2D eigenvalue weighted by Crippen LogP contribution is 2.25. The van der Waals surface area contributed by atoms with Crippen LogP contribution < -0.4 is 10.6 Å². The van der Waals surface area contributed by atoms with Gasteiger partial charge in [0.15, 0.2) is 0 Å². The third-order valence-electron chi connectivity index (χ3n) is 2.78. The molecule has 1 fully saturated rings. The molecule has 0 aliphatic carbocycles. The van der Waals surface area contributed by atoms with Crippen molar-refractivity contribution in [2.24, 2.45) is 5.73 Å². The van der Waals surface area contributed by atoms with Crippen molar-refractivity contribution in [3.8, 4) is 0 Å². The summed E-state index contributed by atoms with van der Waals surface area (Å²) in [5, 5.41) is 0. The van der Waals surface area contributed by atoms with E-state index in [4.69, 9.17) is 10.5 Å². The number of benzene rings is 1. The first-order valence-corrected chi connectivity index (χ1v) is 5.46. The van der Waals surface area contributed by atoms with Crippen molar-refractivity contribution < 1.29 is 4.74 Å². The molecule has 0 radical (unpaired) electrons. The van der Waals surface area contributed by atoms with Crippen LogP contribution in [0.15, 0.2) is 24.3 Å². The molecule has 1 atom stereocenters. The van der Waals surface area contributed by atoms with Crippen LogP contribution >= 0.6 is 0 Å². The molecule has 0 amide bonds. The summed E-state index contributed by atoms with van der Waals surface area (Å²) in [6.45, 7) is 5.58. The number of hydrogen-bond acceptors (Lipinski definition) is 3. The van der Waals surface area contributed by atoms with Gasteiger partial charge in [0.1, 0.15) is 0 Å². The van der Waals surface area contributed by atoms with Crippen LogP contribution in [0.2, 0.25) is 0 Å². The number of nitrogens with zero attached hydrogens (tertiary/aromatic N) is 1. The smallest absolute Gasteiger partial charge is 0.0642 e. The highest BCUT2D eigenvalue weighted by Gasteiger charge is 2.15. The third-order valence-corrected chi connectivity index (χ3v) is 2.78. The maximum Gasteiger partial charge on any atom is 0.0642 e. The van der Waals surface area contributed by atoms with Gasteiger partial charge in [-0.15, -0.1) is 0 Å². The second-order valence-corrected chi connectivity index (χ2v) is 3.95. The van der Waals surface area contributed by atoms with Gasteiger partial charge in [-0.3, -0.25) is 0 Å². The van der Waals surface area contributed by atoms with Gasteiger partial charge < -0.3 is 15.4 Å². The van der Waals surface area contributed by atoms with E-state index < -0.39 is 0 Å². The van der Waals surface area contributed by atoms with Crippen LogP contribution in [0.3, 0.4) is 0 Å². The van der Waals surface area contributed by atoms with E-state index in [1.807, 2.05) is 13.0 Å². The number of nitrogens with two attached hydrogens (primary N) is 1. The minimum atomic E-state index is 0.0871. The van der Waals surface area contributed by atoms with Crippen LogP contribution in [-0.2, 0) is 4.74 Å². The summed E-state index contributed by atoms with van der Waals surface area (Å²) in [5.74, 6) is 0. The van der Waals surface area contributed by atoms with Crippen molar-refractivity contribution in [3.05, 3.63) is 29.8 Å². The van der Waals surface area contributed by atoms with Crippen LogP contribution in [0.4, 0.5) is 5.69 Å². The van der Waals surface area contributed by atoms with Gasteiger partial charge in [-0.1, -0.05) is 18.2 Å². The molecular formula is C12H18N2O. The first kappa shape index (κ1) is 10.5. The Morgan fingerprint density at radius 1 is 1.27 bits per heavy atom.